The van der Waals surface area contributed by atoms with Crippen LogP contribution in [0.4, 0.5) is 5.69 Å². The van der Waals surface area contributed by atoms with Crippen molar-refractivity contribution in [3.63, 3.8) is 0 Å². The van der Waals surface area contributed by atoms with Gasteiger partial charge in [0.1, 0.15) is 5.84 Å². The highest BCUT2D eigenvalue weighted by Crippen LogP contribution is 2.39. The molecule has 0 unspecified atom stereocenters. The Morgan fingerprint density at radius 2 is 1.76 bits per heavy atom. The number of hydrogen-bond donors (Lipinski definition) is 3. The zero-order chi connectivity index (χ0) is 15.7. The number of methoxy groups -OCH3 is 3. The van der Waals surface area contributed by atoms with E-state index in [4.69, 9.17) is 25.2 Å². The molecule has 0 radical (unpaired) electrons. The van der Waals surface area contributed by atoms with Crippen LogP contribution < -0.4 is 25.3 Å². The molecule has 1 aromatic rings. The number of anilines is 1. The lowest BCUT2D eigenvalue weighted by atomic mass is 10.2. The molecule has 118 valence electrons. The summed E-state index contributed by atoms with van der Waals surface area (Å²) in [6, 6.07) is 3.70. The number of hydrogen-bond acceptors (Lipinski definition) is 6. The van der Waals surface area contributed by atoms with Crippen molar-refractivity contribution in [3.8, 4) is 17.2 Å². The second kappa shape index (κ2) is 8.78. The summed E-state index contributed by atoms with van der Waals surface area (Å²) < 4.78 is 15.8. The standard InChI is InChI=1S/C14H23N3O4/c1-19-11-8-10(9-12(20-2)14(11)21-3)16-7-5-4-6-13(15)17-18/h8-9,16,18H,4-7H2,1-3H3,(H2,15,17). The van der Waals surface area contributed by atoms with Gasteiger partial charge in [-0.3, -0.25) is 0 Å². The highest BCUT2D eigenvalue weighted by Gasteiger charge is 2.12. The molecule has 0 heterocycles. The van der Waals surface area contributed by atoms with Crippen LogP contribution in [0.2, 0.25) is 0 Å². The highest BCUT2D eigenvalue weighted by atomic mass is 16.5. The minimum atomic E-state index is 0.253. The second-order valence-electron chi connectivity index (χ2n) is 4.39. The smallest absolute Gasteiger partial charge is 0.203 e. The van der Waals surface area contributed by atoms with Crippen LogP contribution in [0.25, 0.3) is 0 Å². The van der Waals surface area contributed by atoms with E-state index >= 15 is 0 Å². The number of oxime groups is 1. The molecule has 0 fully saturated rings. The topological polar surface area (TPSA) is 98.3 Å². The molecule has 0 amide bonds. The Labute approximate surface area is 124 Å². The lowest BCUT2D eigenvalue weighted by Crippen LogP contribution is -2.12. The number of amidine groups is 1. The Hall–Kier alpha value is -2.31. The van der Waals surface area contributed by atoms with Crippen LogP contribution >= 0.6 is 0 Å². The largest absolute Gasteiger partial charge is 0.493 e. The van der Waals surface area contributed by atoms with Gasteiger partial charge in [0, 0.05) is 30.8 Å². The van der Waals surface area contributed by atoms with E-state index in [2.05, 4.69) is 10.5 Å². The van der Waals surface area contributed by atoms with Gasteiger partial charge in [0.15, 0.2) is 11.5 Å². The van der Waals surface area contributed by atoms with Crippen LogP contribution in [0.3, 0.4) is 0 Å². The van der Waals surface area contributed by atoms with E-state index in [1.807, 2.05) is 12.1 Å². The molecule has 0 aromatic heterocycles. The van der Waals surface area contributed by atoms with Crippen LogP contribution in [0, 0.1) is 0 Å². The molecule has 0 saturated carbocycles. The third-order valence-electron chi connectivity index (χ3n) is 2.98. The van der Waals surface area contributed by atoms with Crippen LogP contribution in [0.15, 0.2) is 17.3 Å². The lowest BCUT2D eigenvalue weighted by molar-refractivity contribution is 0.316. The van der Waals surface area contributed by atoms with Gasteiger partial charge in [-0.2, -0.15) is 0 Å². The third kappa shape index (κ3) is 4.94. The molecule has 0 aliphatic heterocycles. The van der Waals surface area contributed by atoms with Crippen LogP contribution in [-0.2, 0) is 0 Å². The van der Waals surface area contributed by atoms with Crippen LogP contribution in [-0.4, -0.2) is 38.9 Å². The fourth-order valence-corrected chi connectivity index (χ4v) is 1.90. The molecule has 4 N–H and O–H groups in total. The van der Waals surface area contributed by atoms with E-state index in [1.54, 1.807) is 21.3 Å². The third-order valence-corrected chi connectivity index (χ3v) is 2.98. The van der Waals surface area contributed by atoms with E-state index in [0.717, 1.165) is 25.1 Å². The Morgan fingerprint density at radius 1 is 1.14 bits per heavy atom. The predicted octanol–water partition coefficient (Wildman–Crippen LogP) is 2.04. The summed E-state index contributed by atoms with van der Waals surface area (Å²) in [7, 11) is 4.73. The van der Waals surface area contributed by atoms with Crippen molar-refractivity contribution in [2.45, 2.75) is 19.3 Å². The maximum absolute atomic E-state index is 8.44. The van der Waals surface area contributed by atoms with Crippen molar-refractivity contribution < 1.29 is 19.4 Å². The molecule has 0 atom stereocenters. The molecule has 21 heavy (non-hydrogen) atoms. The van der Waals surface area contributed by atoms with Crippen molar-refractivity contribution in [3.05, 3.63) is 12.1 Å². The molecular formula is C14H23N3O4. The number of ether oxygens (including phenoxy) is 3. The zero-order valence-electron chi connectivity index (χ0n) is 12.7. The van der Waals surface area contributed by atoms with Crippen molar-refractivity contribution in [1.82, 2.24) is 0 Å². The van der Waals surface area contributed by atoms with Gasteiger partial charge in [0.2, 0.25) is 5.75 Å². The number of rotatable bonds is 9. The van der Waals surface area contributed by atoms with E-state index in [0.29, 0.717) is 23.7 Å². The molecule has 7 heteroatoms. The molecule has 0 spiro atoms. The first-order valence-corrected chi connectivity index (χ1v) is 6.66. The number of nitrogens with zero attached hydrogens (tertiary/aromatic N) is 1. The summed E-state index contributed by atoms with van der Waals surface area (Å²) in [6.07, 6.45) is 2.31. The van der Waals surface area contributed by atoms with Gasteiger partial charge in [0.05, 0.1) is 21.3 Å². The highest BCUT2D eigenvalue weighted by molar-refractivity contribution is 5.79. The summed E-state index contributed by atoms with van der Waals surface area (Å²) in [5, 5.41) is 14.7. The lowest BCUT2D eigenvalue weighted by Gasteiger charge is -2.15. The number of unbranched alkanes of at least 4 members (excludes halogenated alkanes) is 1. The monoisotopic (exact) mass is 297 g/mol. The van der Waals surface area contributed by atoms with Crippen molar-refractivity contribution in [2.75, 3.05) is 33.2 Å². The van der Waals surface area contributed by atoms with E-state index in [1.165, 1.54) is 0 Å². The minimum absolute atomic E-state index is 0.253. The van der Waals surface area contributed by atoms with Gasteiger partial charge < -0.3 is 30.5 Å². The summed E-state index contributed by atoms with van der Waals surface area (Å²) in [5.41, 5.74) is 6.29. The van der Waals surface area contributed by atoms with Gasteiger partial charge in [-0.1, -0.05) is 5.16 Å². The average molecular weight is 297 g/mol. The number of nitrogens with two attached hydrogens (primary N) is 1. The van der Waals surface area contributed by atoms with Crippen LogP contribution in [0.1, 0.15) is 19.3 Å². The van der Waals surface area contributed by atoms with Crippen LogP contribution in [0.5, 0.6) is 17.2 Å². The quantitative estimate of drug-likeness (QED) is 0.212. The van der Waals surface area contributed by atoms with Crippen molar-refractivity contribution in [2.24, 2.45) is 10.9 Å². The van der Waals surface area contributed by atoms with E-state index in [9.17, 15) is 0 Å². The number of nitrogens with one attached hydrogen (secondary N) is 1. The normalized spacial score (nSPS) is 11.1. The van der Waals surface area contributed by atoms with Crippen molar-refractivity contribution >= 4 is 11.5 Å². The second-order valence-corrected chi connectivity index (χ2v) is 4.39. The van der Waals surface area contributed by atoms with E-state index < -0.39 is 0 Å². The number of benzene rings is 1. The Kier molecular flexibility index (Phi) is 7.00. The molecular weight excluding hydrogens is 274 g/mol. The maximum atomic E-state index is 8.44. The van der Waals surface area contributed by atoms with E-state index in [-0.39, 0.29) is 5.84 Å². The fraction of sp³-hybridized carbons (Fsp3) is 0.500. The molecule has 0 aliphatic rings. The predicted molar refractivity (Wildman–Crippen MR) is 81.8 cm³/mol. The molecule has 1 aromatic carbocycles. The molecule has 1 rings (SSSR count). The first-order chi connectivity index (χ1) is 10.2. The zero-order valence-corrected chi connectivity index (χ0v) is 12.7. The fourth-order valence-electron chi connectivity index (χ4n) is 1.90. The minimum Gasteiger partial charge on any atom is -0.493 e. The molecule has 0 saturated heterocycles. The summed E-state index contributed by atoms with van der Waals surface area (Å²) in [4.78, 5) is 0. The van der Waals surface area contributed by atoms with Gasteiger partial charge in [-0.05, 0) is 12.8 Å². The first kappa shape index (κ1) is 16.7. The first-order valence-electron chi connectivity index (χ1n) is 6.66. The summed E-state index contributed by atoms with van der Waals surface area (Å²) in [6.45, 7) is 0.761. The Bertz CT molecular complexity index is 452. The Balaban J connectivity index is 2.59. The van der Waals surface area contributed by atoms with Gasteiger partial charge >= 0.3 is 0 Å². The van der Waals surface area contributed by atoms with Gasteiger partial charge in [0.25, 0.3) is 0 Å². The molecule has 0 bridgehead atoms. The molecule has 0 aliphatic carbocycles. The van der Waals surface area contributed by atoms with Gasteiger partial charge in [-0.15, -0.1) is 0 Å². The van der Waals surface area contributed by atoms with Crippen molar-refractivity contribution in [1.29, 1.82) is 0 Å². The maximum Gasteiger partial charge on any atom is 0.203 e. The summed E-state index contributed by atoms with van der Waals surface area (Å²) in [5.74, 6) is 2.03. The SMILES string of the molecule is COc1cc(NCCCCC(N)=NO)cc(OC)c1OC. The van der Waals surface area contributed by atoms with Gasteiger partial charge in [-0.25, -0.2) is 0 Å². The molecule has 7 nitrogen and oxygen atoms in total. The average Bonchev–Trinajstić information content (AvgIpc) is 2.52. The summed E-state index contributed by atoms with van der Waals surface area (Å²) >= 11 is 0. The Morgan fingerprint density at radius 3 is 2.24 bits per heavy atom.